The van der Waals surface area contributed by atoms with Crippen LogP contribution < -0.4 is 5.32 Å². The van der Waals surface area contributed by atoms with Gasteiger partial charge in [0.15, 0.2) is 0 Å². The van der Waals surface area contributed by atoms with E-state index >= 15 is 0 Å². The maximum Gasteiger partial charge on any atom is 0.226 e. The first-order valence-electron chi connectivity index (χ1n) is 7.45. The van der Waals surface area contributed by atoms with E-state index in [0.717, 1.165) is 16.8 Å². The number of rotatable bonds is 2. The van der Waals surface area contributed by atoms with Crippen molar-refractivity contribution in [3.63, 3.8) is 0 Å². The molecule has 1 atom stereocenters. The Morgan fingerprint density at radius 3 is 2.65 bits per heavy atom. The van der Waals surface area contributed by atoms with Gasteiger partial charge in [-0.15, -0.1) is 0 Å². The molecule has 2 aromatic carbocycles. The number of hydrogen-bond donors (Lipinski definition) is 2. The van der Waals surface area contributed by atoms with Crippen molar-refractivity contribution in [3.8, 4) is 5.75 Å². The van der Waals surface area contributed by atoms with Gasteiger partial charge in [-0.2, -0.15) is 10.1 Å². The van der Waals surface area contributed by atoms with E-state index < -0.39 is 0 Å². The summed E-state index contributed by atoms with van der Waals surface area (Å²) in [5.41, 5.74) is 3.91. The quantitative estimate of drug-likeness (QED) is 0.762. The number of para-hydroxylation sites is 1. The highest BCUT2D eigenvalue weighted by Gasteiger charge is 2.24. The van der Waals surface area contributed by atoms with Crippen LogP contribution in [-0.4, -0.2) is 19.9 Å². The van der Waals surface area contributed by atoms with Gasteiger partial charge in [0, 0.05) is 5.56 Å². The molecule has 0 saturated heterocycles. The van der Waals surface area contributed by atoms with E-state index in [0.29, 0.717) is 5.95 Å². The minimum atomic E-state index is -0.0658. The summed E-state index contributed by atoms with van der Waals surface area (Å²) in [5.74, 6) is 0.901. The molecular formula is C18H16N4O. The van der Waals surface area contributed by atoms with Crippen LogP contribution in [0.2, 0.25) is 0 Å². The zero-order valence-electron chi connectivity index (χ0n) is 12.6. The standard InChI is InChI=1S/C18H16N4O/c1-12-6-8-13(9-7-12)16-10-15(14-4-2-3-5-17(14)23)21-18-19-11-20-22(16)18/h2-11,16,23H,1H3,(H,19,20,21)/t16-/m1/s1. The summed E-state index contributed by atoms with van der Waals surface area (Å²) >= 11 is 0. The van der Waals surface area contributed by atoms with Gasteiger partial charge in [0.1, 0.15) is 18.1 Å². The lowest BCUT2D eigenvalue weighted by molar-refractivity contribution is 0.473. The fourth-order valence-corrected chi connectivity index (χ4v) is 2.79. The monoisotopic (exact) mass is 304 g/mol. The molecule has 2 N–H and O–H groups in total. The van der Waals surface area contributed by atoms with Crippen molar-refractivity contribution >= 4 is 11.6 Å². The van der Waals surface area contributed by atoms with Gasteiger partial charge in [-0.1, -0.05) is 42.0 Å². The van der Waals surface area contributed by atoms with Gasteiger partial charge >= 0.3 is 0 Å². The second kappa shape index (κ2) is 5.28. The highest BCUT2D eigenvalue weighted by atomic mass is 16.3. The van der Waals surface area contributed by atoms with Crippen LogP contribution in [0.4, 0.5) is 5.95 Å². The molecule has 1 aliphatic heterocycles. The third-order valence-electron chi connectivity index (χ3n) is 4.02. The van der Waals surface area contributed by atoms with Crippen molar-refractivity contribution in [1.29, 1.82) is 0 Å². The lowest BCUT2D eigenvalue weighted by atomic mass is 10.0. The number of aryl methyl sites for hydroxylation is 1. The highest BCUT2D eigenvalue weighted by molar-refractivity contribution is 5.79. The normalized spacial score (nSPS) is 16.4. The number of hydrogen-bond acceptors (Lipinski definition) is 4. The summed E-state index contributed by atoms with van der Waals surface area (Å²) < 4.78 is 1.84. The Bertz CT molecular complexity index is 880. The molecule has 0 aliphatic carbocycles. The third-order valence-corrected chi connectivity index (χ3v) is 4.02. The predicted octanol–water partition coefficient (Wildman–Crippen LogP) is 3.35. The van der Waals surface area contributed by atoms with Crippen LogP contribution >= 0.6 is 0 Å². The Labute approximate surface area is 133 Å². The molecule has 23 heavy (non-hydrogen) atoms. The molecule has 4 rings (SSSR count). The molecule has 0 bridgehead atoms. The Hall–Kier alpha value is -3.08. The Balaban J connectivity index is 1.83. The van der Waals surface area contributed by atoms with Crippen LogP contribution in [0.15, 0.2) is 60.9 Å². The van der Waals surface area contributed by atoms with Crippen molar-refractivity contribution in [2.75, 3.05) is 5.32 Å². The molecule has 1 aliphatic rings. The van der Waals surface area contributed by atoms with Gasteiger partial charge in [-0.25, -0.2) is 4.68 Å². The summed E-state index contributed by atoms with van der Waals surface area (Å²) in [5, 5.41) is 17.7. The minimum Gasteiger partial charge on any atom is -0.507 e. The van der Waals surface area contributed by atoms with Gasteiger partial charge in [-0.3, -0.25) is 0 Å². The average molecular weight is 304 g/mol. The lowest BCUT2D eigenvalue weighted by Crippen LogP contribution is -2.20. The average Bonchev–Trinajstić information content (AvgIpc) is 3.04. The zero-order valence-corrected chi connectivity index (χ0v) is 12.6. The van der Waals surface area contributed by atoms with E-state index in [1.165, 1.54) is 11.9 Å². The molecule has 1 aromatic heterocycles. The number of nitrogens with zero attached hydrogens (tertiary/aromatic N) is 3. The smallest absolute Gasteiger partial charge is 0.226 e. The van der Waals surface area contributed by atoms with Crippen LogP contribution in [0.5, 0.6) is 5.75 Å². The number of benzene rings is 2. The zero-order chi connectivity index (χ0) is 15.8. The van der Waals surface area contributed by atoms with E-state index in [-0.39, 0.29) is 11.8 Å². The van der Waals surface area contributed by atoms with Gasteiger partial charge in [0.25, 0.3) is 0 Å². The molecule has 0 fully saturated rings. The number of allylic oxidation sites excluding steroid dienone is 1. The molecule has 0 saturated carbocycles. The van der Waals surface area contributed by atoms with Crippen LogP contribution in [0.25, 0.3) is 5.70 Å². The van der Waals surface area contributed by atoms with Crippen LogP contribution in [-0.2, 0) is 0 Å². The number of phenols is 1. The van der Waals surface area contributed by atoms with E-state index in [4.69, 9.17) is 0 Å². The minimum absolute atomic E-state index is 0.0658. The number of phenolic OH excluding ortho intramolecular Hbond substituents is 1. The highest BCUT2D eigenvalue weighted by Crippen LogP contribution is 2.34. The van der Waals surface area contributed by atoms with E-state index in [1.807, 2.05) is 22.9 Å². The maximum atomic E-state index is 10.1. The fraction of sp³-hybridized carbons (Fsp3) is 0.111. The first kappa shape index (κ1) is 13.6. The topological polar surface area (TPSA) is 63.0 Å². The molecule has 3 aromatic rings. The SMILES string of the molecule is Cc1ccc([C@H]2C=C(c3ccccc3O)Nc3ncnn32)cc1. The van der Waals surface area contributed by atoms with E-state index in [1.54, 1.807) is 6.07 Å². The Kier molecular flexibility index (Phi) is 3.12. The maximum absolute atomic E-state index is 10.1. The molecule has 0 unspecified atom stereocenters. The molecule has 114 valence electrons. The predicted molar refractivity (Wildman–Crippen MR) is 89.0 cm³/mol. The van der Waals surface area contributed by atoms with Gasteiger partial charge in [0.05, 0.1) is 5.70 Å². The van der Waals surface area contributed by atoms with Crippen LogP contribution in [0.3, 0.4) is 0 Å². The molecule has 0 spiro atoms. The van der Waals surface area contributed by atoms with Crippen molar-refractivity contribution < 1.29 is 5.11 Å². The number of anilines is 1. The second-order valence-corrected chi connectivity index (χ2v) is 5.61. The van der Waals surface area contributed by atoms with E-state index in [9.17, 15) is 5.11 Å². The summed E-state index contributed by atoms with van der Waals surface area (Å²) in [4.78, 5) is 4.27. The first-order chi connectivity index (χ1) is 11.2. The number of aromatic hydroxyl groups is 1. The van der Waals surface area contributed by atoms with E-state index in [2.05, 4.69) is 52.7 Å². The van der Waals surface area contributed by atoms with Crippen molar-refractivity contribution in [2.45, 2.75) is 13.0 Å². The Morgan fingerprint density at radius 1 is 1.09 bits per heavy atom. The molecule has 0 amide bonds. The molecule has 5 heteroatoms. The van der Waals surface area contributed by atoms with Crippen LogP contribution in [0.1, 0.15) is 22.7 Å². The molecule has 0 radical (unpaired) electrons. The summed E-state index contributed by atoms with van der Waals surface area (Å²) in [6.45, 7) is 2.07. The molecule has 5 nitrogen and oxygen atoms in total. The van der Waals surface area contributed by atoms with Crippen molar-refractivity contribution in [2.24, 2.45) is 0 Å². The molecule has 2 heterocycles. The van der Waals surface area contributed by atoms with Crippen molar-refractivity contribution in [1.82, 2.24) is 14.8 Å². The second-order valence-electron chi connectivity index (χ2n) is 5.61. The summed E-state index contributed by atoms with van der Waals surface area (Å²) in [6, 6.07) is 15.6. The van der Waals surface area contributed by atoms with Crippen molar-refractivity contribution in [3.05, 3.63) is 77.6 Å². The number of aromatic nitrogens is 3. The fourth-order valence-electron chi connectivity index (χ4n) is 2.79. The van der Waals surface area contributed by atoms with Gasteiger partial charge < -0.3 is 10.4 Å². The first-order valence-corrected chi connectivity index (χ1v) is 7.45. The summed E-state index contributed by atoms with van der Waals surface area (Å²) in [6.07, 6.45) is 3.59. The van der Waals surface area contributed by atoms with Gasteiger partial charge in [-0.05, 0) is 30.7 Å². The number of nitrogens with one attached hydrogen (secondary N) is 1. The van der Waals surface area contributed by atoms with Crippen LogP contribution in [0, 0.1) is 6.92 Å². The third kappa shape index (κ3) is 2.36. The lowest BCUT2D eigenvalue weighted by Gasteiger charge is -2.24. The number of fused-ring (bicyclic) bond motifs is 1. The van der Waals surface area contributed by atoms with Gasteiger partial charge in [0.2, 0.25) is 5.95 Å². The summed E-state index contributed by atoms with van der Waals surface area (Å²) in [7, 11) is 0. The molecular weight excluding hydrogens is 288 g/mol. The largest absolute Gasteiger partial charge is 0.507 e. The Morgan fingerprint density at radius 2 is 1.87 bits per heavy atom.